The van der Waals surface area contributed by atoms with Gasteiger partial charge in [-0.1, -0.05) is 42.5 Å². The third-order valence-electron chi connectivity index (χ3n) is 4.24. The molecule has 0 aliphatic heterocycles. The van der Waals surface area contributed by atoms with Crippen LogP contribution in [0.3, 0.4) is 0 Å². The molecule has 1 fully saturated rings. The zero-order valence-electron chi connectivity index (χ0n) is 14.5. The lowest BCUT2D eigenvalue weighted by molar-refractivity contribution is -0.148. The lowest BCUT2D eigenvalue weighted by atomic mass is 9.83. The Kier molecular flexibility index (Phi) is 7.45. The summed E-state index contributed by atoms with van der Waals surface area (Å²) in [6, 6.07) is 6.47. The summed E-state index contributed by atoms with van der Waals surface area (Å²) in [6.45, 7) is -0.916. The maximum absolute atomic E-state index is 12.0. The minimum absolute atomic E-state index is 0.220. The number of nitrogens with one attached hydrogen (secondary N) is 2. The molecule has 1 aliphatic carbocycles. The highest BCUT2D eigenvalue weighted by atomic mass is 35.5. The van der Waals surface area contributed by atoms with Crippen molar-refractivity contribution in [3.05, 3.63) is 33.8 Å². The van der Waals surface area contributed by atoms with E-state index in [0.29, 0.717) is 17.9 Å². The Morgan fingerprint density at radius 2 is 1.85 bits per heavy atom. The van der Waals surface area contributed by atoms with Gasteiger partial charge in [-0.15, -0.1) is 0 Å². The number of nitriles is 1. The summed E-state index contributed by atoms with van der Waals surface area (Å²) in [6.07, 6.45) is 3.95. The summed E-state index contributed by atoms with van der Waals surface area (Å²) in [5.41, 5.74) is -0.646. The van der Waals surface area contributed by atoms with Crippen molar-refractivity contribution in [2.75, 3.05) is 13.2 Å². The first-order chi connectivity index (χ1) is 12.8. The zero-order valence-corrected chi connectivity index (χ0v) is 16.0. The minimum Gasteiger partial charge on any atom is -0.454 e. The molecule has 0 radical (unpaired) electrons. The number of ether oxygens (including phenoxy) is 1. The quantitative estimate of drug-likeness (QED) is 0.699. The summed E-state index contributed by atoms with van der Waals surface area (Å²) in [7, 11) is 0. The molecule has 0 saturated heterocycles. The molecule has 7 nitrogen and oxygen atoms in total. The predicted molar refractivity (Wildman–Crippen MR) is 99.3 cm³/mol. The van der Waals surface area contributed by atoms with Crippen LogP contribution in [0.5, 0.6) is 0 Å². The third kappa shape index (κ3) is 6.12. The van der Waals surface area contributed by atoms with Crippen molar-refractivity contribution < 1.29 is 19.1 Å². The van der Waals surface area contributed by atoms with Crippen LogP contribution in [-0.2, 0) is 14.3 Å². The summed E-state index contributed by atoms with van der Waals surface area (Å²) >= 11 is 11.6. The van der Waals surface area contributed by atoms with Crippen LogP contribution in [0, 0.1) is 11.3 Å². The van der Waals surface area contributed by atoms with Gasteiger partial charge in [-0.25, -0.2) is 0 Å². The van der Waals surface area contributed by atoms with Crippen molar-refractivity contribution in [2.45, 2.75) is 37.6 Å². The molecule has 2 rings (SSSR count). The molecule has 0 spiro atoms. The van der Waals surface area contributed by atoms with Gasteiger partial charge in [0.05, 0.1) is 16.1 Å². The minimum atomic E-state index is -0.885. The molecule has 0 unspecified atom stereocenters. The van der Waals surface area contributed by atoms with Crippen LogP contribution in [0.1, 0.15) is 42.5 Å². The van der Waals surface area contributed by atoms with Crippen LogP contribution in [-0.4, -0.2) is 36.5 Å². The van der Waals surface area contributed by atoms with Crippen molar-refractivity contribution in [3.63, 3.8) is 0 Å². The Bertz CT molecular complexity index is 770. The maximum Gasteiger partial charge on any atom is 0.325 e. The summed E-state index contributed by atoms with van der Waals surface area (Å²) in [5, 5.41) is 14.9. The molecule has 1 aliphatic rings. The van der Waals surface area contributed by atoms with Crippen LogP contribution >= 0.6 is 23.2 Å². The first-order valence-electron chi connectivity index (χ1n) is 8.46. The number of amides is 2. The van der Waals surface area contributed by atoms with Gasteiger partial charge >= 0.3 is 5.97 Å². The second-order valence-corrected chi connectivity index (χ2v) is 7.09. The van der Waals surface area contributed by atoms with E-state index in [1.807, 2.05) is 0 Å². The molecule has 0 aromatic heterocycles. The number of benzene rings is 1. The number of nitrogens with zero attached hydrogens (tertiary/aromatic N) is 1. The zero-order chi connectivity index (χ0) is 19.9. The second-order valence-electron chi connectivity index (χ2n) is 6.27. The molecule has 2 amide bonds. The number of carbonyl (C=O) groups excluding carboxylic acids is 3. The van der Waals surface area contributed by atoms with Gasteiger partial charge in [0.2, 0.25) is 0 Å². The summed E-state index contributed by atoms with van der Waals surface area (Å²) in [5.74, 6) is -1.84. The highest BCUT2D eigenvalue weighted by molar-refractivity contribution is 6.42. The Morgan fingerprint density at radius 1 is 1.15 bits per heavy atom. The number of hydrogen-bond donors (Lipinski definition) is 2. The van der Waals surface area contributed by atoms with Crippen LogP contribution in [0.15, 0.2) is 18.2 Å². The molecule has 0 heterocycles. The Morgan fingerprint density at radius 3 is 2.48 bits per heavy atom. The van der Waals surface area contributed by atoms with Crippen LogP contribution < -0.4 is 10.6 Å². The first kappa shape index (κ1) is 21.0. The molecular formula is C18H19Cl2N3O4. The number of hydrogen-bond acceptors (Lipinski definition) is 5. The van der Waals surface area contributed by atoms with Gasteiger partial charge in [-0.3, -0.25) is 14.4 Å². The van der Waals surface area contributed by atoms with Gasteiger partial charge in [0, 0.05) is 5.56 Å². The summed E-state index contributed by atoms with van der Waals surface area (Å²) in [4.78, 5) is 35.6. The van der Waals surface area contributed by atoms with E-state index < -0.39 is 36.5 Å². The number of esters is 1. The van der Waals surface area contributed by atoms with Gasteiger partial charge in [-0.05, 0) is 31.0 Å². The molecular weight excluding hydrogens is 393 g/mol. The Balaban J connectivity index is 1.75. The Hall–Kier alpha value is -2.30. The molecule has 144 valence electrons. The van der Waals surface area contributed by atoms with E-state index in [1.54, 1.807) is 0 Å². The molecule has 2 N–H and O–H groups in total. The molecule has 27 heavy (non-hydrogen) atoms. The van der Waals surface area contributed by atoms with E-state index in [4.69, 9.17) is 27.9 Å². The van der Waals surface area contributed by atoms with E-state index in [0.717, 1.165) is 19.3 Å². The van der Waals surface area contributed by atoms with E-state index in [2.05, 4.69) is 16.7 Å². The molecule has 1 aromatic rings. The maximum atomic E-state index is 12.0. The highest BCUT2D eigenvalue weighted by Crippen LogP contribution is 2.27. The third-order valence-corrected chi connectivity index (χ3v) is 4.98. The predicted octanol–water partition coefficient (Wildman–Crippen LogP) is 2.61. The van der Waals surface area contributed by atoms with Crippen molar-refractivity contribution in [3.8, 4) is 6.07 Å². The SMILES string of the molecule is N#CC1(NC(=O)COC(=O)CNC(=O)c2ccc(Cl)c(Cl)c2)CCCCC1. The van der Waals surface area contributed by atoms with Crippen molar-refractivity contribution in [1.29, 1.82) is 5.26 Å². The molecule has 1 saturated carbocycles. The molecule has 0 atom stereocenters. The largest absolute Gasteiger partial charge is 0.454 e. The van der Waals surface area contributed by atoms with Gasteiger partial charge < -0.3 is 15.4 Å². The van der Waals surface area contributed by atoms with Gasteiger partial charge in [0.25, 0.3) is 11.8 Å². The molecule has 9 heteroatoms. The number of carbonyl (C=O) groups is 3. The van der Waals surface area contributed by atoms with Gasteiger partial charge in [0.1, 0.15) is 12.1 Å². The number of halogens is 2. The number of rotatable bonds is 6. The normalized spacial score (nSPS) is 15.3. The van der Waals surface area contributed by atoms with E-state index in [1.165, 1.54) is 18.2 Å². The Labute approximate surface area is 167 Å². The smallest absolute Gasteiger partial charge is 0.325 e. The molecule has 1 aromatic carbocycles. The van der Waals surface area contributed by atoms with Crippen molar-refractivity contribution >= 4 is 41.0 Å². The fourth-order valence-corrected chi connectivity index (χ4v) is 3.11. The van der Waals surface area contributed by atoms with Gasteiger partial charge in [0.15, 0.2) is 6.61 Å². The topological polar surface area (TPSA) is 108 Å². The van der Waals surface area contributed by atoms with Crippen molar-refractivity contribution in [2.24, 2.45) is 0 Å². The standard InChI is InChI=1S/C18H19Cl2N3O4/c19-13-5-4-12(8-14(13)20)17(26)22-9-16(25)27-10-15(24)23-18(11-21)6-2-1-3-7-18/h4-5,8H,1-3,6-7,9-10H2,(H,22,26)(H,23,24). The van der Waals surface area contributed by atoms with E-state index >= 15 is 0 Å². The van der Waals surface area contributed by atoms with Crippen LogP contribution in [0.4, 0.5) is 0 Å². The van der Waals surface area contributed by atoms with Crippen LogP contribution in [0.25, 0.3) is 0 Å². The van der Waals surface area contributed by atoms with Gasteiger partial charge in [-0.2, -0.15) is 5.26 Å². The average molecular weight is 412 g/mol. The monoisotopic (exact) mass is 411 g/mol. The summed E-state index contributed by atoms with van der Waals surface area (Å²) < 4.78 is 4.84. The highest BCUT2D eigenvalue weighted by Gasteiger charge is 2.33. The average Bonchev–Trinajstić information content (AvgIpc) is 2.67. The second kappa shape index (κ2) is 9.58. The van der Waals surface area contributed by atoms with E-state index in [9.17, 15) is 19.6 Å². The van der Waals surface area contributed by atoms with E-state index in [-0.39, 0.29) is 10.6 Å². The first-order valence-corrected chi connectivity index (χ1v) is 9.22. The van der Waals surface area contributed by atoms with Crippen molar-refractivity contribution in [1.82, 2.24) is 10.6 Å². The fraction of sp³-hybridized carbons (Fsp3) is 0.444. The fourth-order valence-electron chi connectivity index (χ4n) is 2.81. The van der Waals surface area contributed by atoms with Crippen LogP contribution in [0.2, 0.25) is 10.0 Å². The lowest BCUT2D eigenvalue weighted by Crippen LogP contribution is -2.50. The lowest BCUT2D eigenvalue weighted by Gasteiger charge is -2.31. The molecule has 0 bridgehead atoms.